The fourth-order valence-corrected chi connectivity index (χ4v) is 3.86. The summed E-state index contributed by atoms with van der Waals surface area (Å²) < 4.78 is 13.0. The highest BCUT2D eigenvalue weighted by atomic mass is 35.5. The van der Waals surface area contributed by atoms with E-state index in [2.05, 4.69) is 15.5 Å². The van der Waals surface area contributed by atoms with Gasteiger partial charge < -0.3 is 15.7 Å². The lowest BCUT2D eigenvalue weighted by molar-refractivity contribution is -0.127. The monoisotopic (exact) mass is 447 g/mol. The molecule has 3 rings (SSSR count). The summed E-state index contributed by atoms with van der Waals surface area (Å²) in [6.45, 7) is 3.60. The summed E-state index contributed by atoms with van der Waals surface area (Å²) in [4.78, 5) is 27.1. The number of rotatable bonds is 7. The third-order valence-electron chi connectivity index (χ3n) is 5.67. The molecule has 1 heterocycles. The van der Waals surface area contributed by atoms with Crippen molar-refractivity contribution in [3.8, 4) is 5.75 Å². The molecule has 31 heavy (non-hydrogen) atoms. The van der Waals surface area contributed by atoms with Crippen LogP contribution in [0.15, 0.2) is 42.5 Å². The number of amides is 2. The number of phenolic OH excluding ortho intramolecular Hbond substituents is 1. The van der Waals surface area contributed by atoms with Gasteiger partial charge in [-0.3, -0.25) is 14.5 Å². The van der Waals surface area contributed by atoms with Gasteiger partial charge in [-0.2, -0.15) is 0 Å². The Balaban J connectivity index is 1.42. The number of aromatic hydroxyl groups is 1. The zero-order chi connectivity index (χ0) is 22.4. The van der Waals surface area contributed by atoms with Crippen molar-refractivity contribution in [3.63, 3.8) is 0 Å². The maximum atomic E-state index is 13.0. The summed E-state index contributed by atoms with van der Waals surface area (Å²) in [5.74, 6) is -0.713. The number of phenols is 1. The zero-order valence-corrected chi connectivity index (χ0v) is 18.2. The van der Waals surface area contributed by atoms with E-state index in [0.29, 0.717) is 49.6 Å². The Morgan fingerprint density at radius 2 is 1.87 bits per heavy atom. The highest BCUT2D eigenvalue weighted by Crippen LogP contribution is 2.28. The van der Waals surface area contributed by atoms with Gasteiger partial charge in [0.05, 0.1) is 11.7 Å². The van der Waals surface area contributed by atoms with Crippen molar-refractivity contribution in [1.29, 1.82) is 0 Å². The predicted octanol–water partition coefficient (Wildman–Crippen LogP) is 3.58. The quantitative estimate of drug-likeness (QED) is 0.566. The number of nitrogens with zero attached hydrogens (tertiary/aromatic N) is 1. The molecule has 3 N–H and O–H groups in total. The van der Waals surface area contributed by atoms with Crippen LogP contribution in [0.4, 0.5) is 10.1 Å². The van der Waals surface area contributed by atoms with Gasteiger partial charge in [0.1, 0.15) is 11.6 Å². The van der Waals surface area contributed by atoms with Crippen molar-refractivity contribution in [2.24, 2.45) is 5.92 Å². The van der Waals surface area contributed by atoms with Crippen LogP contribution in [0, 0.1) is 11.7 Å². The minimum Gasteiger partial charge on any atom is -0.506 e. The van der Waals surface area contributed by atoms with Gasteiger partial charge in [-0.05, 0) is 75.2 Å². The highest BCUT2D eigenvalue weighted by Gasteiger charge is 2.30. The molecule has 8 heteroatoms. The van der Waals surface area contributed by atoms with E-state index in [4.69, 9.17) is 11.6 Å². The maximum absolute atomic E-state index is 13.0. The summed E-state index contributed by atoms with van der Waals surface area (Å²) in [6, 6.07) is 10.5. The Kier molecular flexibility index (Phi) is 7.87. The predicted molar refractivity (Wildman–Crippen MR) is 119 cm³/mol. The summed E-state index contributed by atoms with van der Waals surface area (Å²) in [5, 5.41) is 16.0. The van der Waals surface area contributed by atoms with E-state index >= 15 is 0 Å². The first kappa shape index (κ1) is 23.0. The fourth-order valence-electron chi connectivity index (χ4n) is 3.69. The molecule has 1 atom stereocenters. The van der Waals surface area contributed by atoms with E-state index in [0.717, 1.165) is 5.56 Å². The van der Waals surface area contributed by atoms with E-state index in [1.54, 1.807) is 18.2 Å². The number of benzene rings is 2. The van der Waals surface area contributed by atoms with Gasteiger partial charge in [0.25, 0.3) is 0 Å². The van der Waals surface area contributed by atoms with Gasteiger partial charge in [-0.15, -0.1) is 0 Å². The highest BCUT2D eigenvalue weighted by molar-refractivity contribution is 6.31. The van der Waals surface area contributed by atoms with Crippen LogP contribution in [-0.2, 0) is 16.0 Å². The average Bonchev–Trinajstić information content (AvgIpc) is 2.77. The first-order valence-electron chi connectivity index (χ1n) is 10.4. The van der Waals surface area contributed by atoms with Gasteiger partial charge >= 0.3 is 0 Å². The van der Waals surface area contributed by atoms with Crippen molar-refractivity contribution < 1.29 is 19.1 Å². The summed E-state index contributed by atoms with van der Waals surface area (Å²) >= 11 is 5.92. The third-order valence-corrected chi connectivity index (χ3v) is 5.91. The number of carbonyl (C=O) groups is 2. The van der Waals surface area contributed by atoms with E-state index in [-0.39, 0.29) is 35.3 Å². The first-order chi connectivity index (χ1) is 14.8. The SMILES string of the molecule is CC(C(=O)NCCc1ccc(F)cc1)N1CCC(C(=O)Nc2cc(Cl)ccc2O)CC1. The molecular weight excluding hydrogens is 421 g/mol. The molecule has 6 nitrogen and oxygen atoms in total. The van der Waals surface area contributed by atoms with Crippen LogP contribution in [0.2, 0.25) is 5.02 Å². The summed E-state index contributed by atoms with van der Waals surface area (Å²) in [6.07, 6.45) is 1.89. The molecule has 0 spiro atoms. The smallest absolute Gasteiger partial charge is 0.237 e. The fraction of sp³-hybridized carbons (Fsp3) is 0.391. The van der Waals surface area contributed by atoms with Crippen LogP contribution in [0.25, 0.3) is 0 Å². The van der Waals surface area contributed by atoms with Gasteiger partial charge in [0, 0.05) is 17.5 Å². The van der Waals surface area contributed by atoms with Crippen LogP contribution in [0.3, 0.4) is 0 Å². The molecule has 0 radical (unpaired) electrons. The Morgan fingerprint density at radius 3 is 2.55 bits per heavy atom. The molecular formula is C23H27ClFN3O3. The van der Waals surface area contributed by atoms with E-state index in [1.807, 2.05) is 6.92 Å². The average molecular weight is 448 g/mol. The minimum atomic E-state index is -0.297. The first-order valence-corrected chi connectivity index (χ1v) is 10.8. The van der Waals surface area contributed by atoms with Gasteiger partial charge in [0.15, 0.2) is 0 Å². The van der Waals surface area contributed by atoms with Gasteiger partial charge in [0.2, 0.25) is 11.8 Å². The van der Waals surface area contributed by atoms with Crippen LogP contribution in [0.1, 0.15) is 25.3 Å². The largest absolute Gasteiger partial charge is 0.506 e. The summed E-state index contributed by atoms with van der Waals surface area (Å²) in [5.41, 5.74) is 1.26. The van der Waals surface area contributed by atoms with E-state index in [1.165, 1.54) is 24.3 Å². The number of hydrogen-bond acceptors (Lipinski definition) is 4. The minimum absolute atomic E-state index is 0.0267. The Hall–Kier alpha value is -2.64. The Labute approximate surface area is 186 Å². The standard InChI is InChI=1S/C23H27ClFN3O3/c1-15(22(30)26-11-8-16-2-5-19(25)6-3-16)28-12-9-17(10-13-28)23(31)27-20-14-18(24)4-7-21(20)29/h2-7,14-15,17,29H,8-13H2,1H3,(H,26,30)(H,27,31). The lowest BCUT2D eigenvalue weighted by Crippen LogP contribution is -2.49. The molecule has 1 fully saturated rings. The molecule has 2 amide bonds. The van der Waals surface area contributed by atoms with E-state index < -0.39 is 0 Å². The Bertz CT molecular complexity index is 915. The van der Waals surface area contributed by atoms with Crippen molar-refractivity contribution in [1.82, 2.24) is 10.2 Å². The van der Waals surface area contributed by atoms with Crippen molar-refractivity contribution in [2.75, 3.05) is 25.0 Å². The lowest BCUT2D eigenvalue weighted by Gasteiger charge is -2.34. The van der Waals surface area contributed by atoms with Crippen molar-refractivity contribution >= 4 is 29.1 Å². The van der Waals surface area contributed by atoms with Crippen LogP contribution in [-0.4, -0.2) is 47.5 Å². The molecule has 2 aromatic rings. The molecule has 0 saturated carbocycles. The molecule has 1 aliphatic heterocycles. The number of piperidine rings is 1. The molecule has 0 aromatic heterocycles. The number of halogens is 2. The van der Waals surface area contributed by atoms with Gasteiger partial charge in [-0.1, -0.05) is 23.7 Å². The van der Waals surface area contributed by atoms with E-state index in [9.17, 15) is 19.1 Å². The number of anilines is 1. The van der Waals surface area contributed by atoms with Crippen LogP contribution >= 0.6 is 11.6 Å². The van der Waals surface area contributed by atoms with Gasteiger partial charge in [-0.25, -0.2) is 4.39 Å². The summed E-state index contributed by atoms with van der Waals surface area (Å²) in [7, 11) is 0. The Morgan fingerprint density at radius 1 is 1.19 bits per heavy atom. The van der Waals surface area contributed by atoms with Crippen molar-refractivity contribution in [2.45, 2.75) is 32.2 Å². The van der Waals surface area contributed by atoms with Crippen LogP contribution < -0.4 is 10.6 Å². The molecule has 2 aromatic carbocycles. The zero-order valence-electron chi connectivity index (χ0n) is 17.4. The molecule has 1 saturated heterocycles. The lowest BCUT2D eigenvalue weighted by atomic mass is 9.94. The third kappa shape index (κ3) is 6.42. The number of nitrogens with one attached hydrogen (secondary N) is 2. The second-order valence-electron chi connectivity index (χ2n) is 7.80. The molecule has 1 aliphatic rings. The maximum Gasteiger partial charge on any atom is 0.237 e. The molecule has 166 valence electrons. The number of likely N-dealkylation sites (tertiary alicyclic amines) is 1. The second-order valence-corrected chi connectivity index (χ2v) is 8.24. The van der Waals surface area contributed by atoms with Crippen molar-refractivity contribution in [3.05, 3.63) is 58.9 Å². The topological polar surface area (TPSA) is 81.7 Å². The van der Waals surface area contributed by atoms with Crippen LogP contribution in [0.5, 0.6) is 5.75 Å². The normalized spacial score (nSPS) is 16.0. The molecule has 1 unspecified atom stereocenters. The second kappa shape index (κ2) is 10.6. The number of carbonyl (C=O) groups excluding carboxylic acids is 2. The molecule has 0 bridgehead atoms. The molecule has 0 aliphatic carbocycles. The number of hydrogen-bond donors (Lipinski definition) is 3.